The minimum atomic E-state index is -0.989. The molecule has 11 nitrogen and oxygen atoms in total. The van der Waals surface area contributed by atoms with Gasteiger partial charge in [0.1, 0.15) is 35.7 Å². The van der Waals surface area contributed by atoms with Gasteiger partial charge in [-0.3, -0.25) is 0 Å². The van der Waals surface area contributed by atoms with E-state index in [0.717, 1.165) is 24.8 Å². The van der Waals surface area contributed by atoms with E-state index in [9.17, 15) is 19.5 Å². The average Bonchev–Trinajstić information content (AvgIpc) is 3.66. The van der Waals surface area contributed by atoms with Crippen molar-refractivity contribution in [3.05, 3.63) is 47.8 Å². The molecule has 1 saturated carbocycles. The molecule has 4 aliphatic rings. The fraction of sp³-hybridized carbons (Fsp3) is 0.703. The molecule has 5 rings (SSSR count). The van der Waals surface area contributed by atoms with Crippen LogP contribution in [-0.2, 0) is 28.5 Å². The molecule has 1 aromatic heterocycles. The fourth-order valence-electron chi connectivity index (χ4n) is 8.50. The minimum Gasteiger partial charge on any atom is -0.456 e. The first-order valence-electron chi connectivity index (χ1n) is 17.8. The van der Waals surface area contributed by atoms with E-state index in [0.29, 0.717) is 12.2 Å². The predicted molar refractivity (Wildman–Crippen MR) is 178 cm³/mol. The molecule has 266 valence electrons. The second-order valence-electron chi connectivity index (χ2n) is 14.1. The number of carbonyl (C=O) groups excluding carboxylic acids is 3. The molecule has 0 radical (unpaired) electrons. The number of methoxy groups -OCH3 is 1. The Morgan fingerprint density at radius 3 is 2.62 bits per heavy atom. The third-order valence-electron chi connectivity index (χ3n) is 11.0. The number of unbranched alkanes of at least 4 members (excludes halogenated alkanes) is 5. The van der Waals surface area contributed by atoms with Gasteiger partial charge in [-0.15, -0.1) is 0 Å². The largest absolute Gasteiger partial charge is 0.456 e. The van der Waals surface area contributed by atoms with Gasteiger partial charge in [0, 0.05) is 49.4 Å². The van der Waals surface area contributed by atoms with Gasteiger partial charge in [0.05, 0.1) is 6.10 Å². The minimum absolute atomic E-state index is 0.211. The molecule has 1 aromatic rings. The molecule has 3 heterocycles. The molecule has 1 saturated heterocycles. The summed E-state index contributed by atoms with van der Waals surface area (Å²) in [5, 5.41) is 14.8. The molecule has 12 atom stereocenters. The maximum absolute atomic E-state index is 13.6. The van der Waals surface area contributed by atoms with Crippen LogP contribution in [-0.4, -0.2) is 84.0 Å². The van der Waals surface area contributed by atoms with Crippen LogP contribution < -0.4 is 5.32 Å². The molecule has 2 aliphatic carbocycles. The van der Waals surface area contributed by atoms with Crippen LogP contribution in [0.4, 0.5) is 4.79 Å². The SMILES string of the molecule is CCCCCCCCNC(=O)O[C@H](C)[C@H]1OC(=O)[C@@H](OC)C[C@H]2C=C[C@H]3[C@H]4O[C@]2(/C(C)=C/[C@H]1C)[C@@H]3[C@H](O)[C@@H](C)[C@H]4OC(=O)c1ccc[nH]1. The number of esters is 2. The Kier molecular flexibility index (Phi) is 11.7. The molecule has 0 aromatic carbocycles. The van der Waals surface area contributed by atoms with Crippen molar-refractivity contribution in [3.8, 4) is 0 Å². The number of aromatic amines is 1. The number of aliphatic hydroxyl groups excluding tert-OH is 1. The zero-order valence-corrected chi connectivity index (χ0v) is 29.2. The summed E-state index contributed by atoms with van der Waals surface area (Å²) in [6, 6.07) is 3.38. The highest BCUT2D eigenvalue weighted by atomic mass is 16.6. The zero-order valence-electron chi connectivity index (χ0n) is 29.2. The highest BCUT2D eigenvalue weighted by Gasteiger charge is 2.69. The lowest BCUT2D eigenvalue weighted by Crippen LogP contribution is -2.57. The number of carbonyl (C=O) groups is 3. The number of hydrogen-bond donors (Lipinski definition) is 3. The van der Waals surface area contributed by atoms with E-state index in [1.165, 1.54) is 26.4 Å². The number of rotatable bonds is 12. The van der Waals surface area contributed by atoms with E-state index in [1.807, 2.05) is 39.0 Å². The van der Waals surface area contributed by atoms with Gasteiger partial charge in [-0.1, -0.05) is 71.1 Å². The third-order valence-corrected chi connectivity index (χ3v) is 11.0. The average molecular weight is 671 g/mol. The van der Waals surface area contributed by atoms with Gasteiger partial charge in [-0.2, -0.15) is 0 Å². The number of hydrogen-bond acceptors (Lipinski definition) is 9. The number of cyclic esters (lactones) is 1. The van der Waals surface area contributed by atoms with Crippen LogP contribution in [0.5, 0.6) is 0 Å². The number of ether oxygens (including phenoxy) is 5. The third kappa shape index (κ3) is 7.09. The molecule has 2 aliphatic heterocycles. The predicted octanol–water partition coefficient (Wildman–Crippen LogP) is 5.49. The van der Waals surface area contributed by atoms with Crippen LogP contribution in [0.1, 0.15) is 90.1 Å². The molecule has 1 spiro atoms. The summed E-state index contributed by atoms with van der Waals surface area (Å²) in [6.45, 7) is 10.2. The van der Waals surface area contributed by atoms with Crippen LogP contribution in [0.2, 0.25) is 0 Å². The van der Waals surface area contributed by atoms with E-state index in [1.54, 1.807) is 25.3 Å². The van der Waals surface area contributed by atoms with Crippen LogP contribution in [0.3, 0.4) is 0 Å². The Labute approximate surface area is 284 Å². The molecule has 2 fully saturated rings. The first-order chi connectivity index (χ1) is 23.0. The van der Waals surface area contributed by atoms with Crippen molar-refractivity contribution in [2.75, 3.05) is 13.7 Å². The highest BCUT2D eigenvalue weighted by molar-refractivity contribution is 5.87. The molecule has 48 heavy (non-hydrogen) atoms. The zero-order chi connectivity index (χ0) is 34.6. The van der Waals surface area contributed by atoms with E-state index in [2.05, 4.69) is 17.2 Å². The number of alkyl carbamates (subject to hydrolysis) is 1. The first-order valence-corrected chi connectivity index (χ1v) is 17.8. The molecule has 11 heteroatoms. The quantitative estimate of drug-likeness (QED) is 0.114. The van der Waals surface area contributed by atoms with Gasteiger partial charge in [0.25, 0.3) is 0 Å². The lowest BCUT2D eigenvalue weighted by Gasteiger charge is -2.48. The van der Waals surface area contributed by atoms with Crippen molar-refractivity contribution in [3.63, 3.8) is 0 Å². The number of nitrogens with one attached hydrogen (secondary N) is 2. The topological polar surface area (TPSA) is 145 Å². The summed E-state index contributed by atoms with van der Waals surface area (Å²) in [4.78, 5) is 42.3. The van der Waals surface area contributed by atoms with E-state index >= 15 is 0 Å². The van der Waals surface area contributed by atoms with Crippen molar-refractivity contribution < 1.29 is 43.2 Å². The van der Waals surface area contributed by atoms with E-state index in [-0.39, 0.29) is 30.1 Å². The van der Waals surface area contributed by atoms with Gasteiger partial charge in [-0.25, -0.2) is 14.4 Å². The normalized spacial score (nSPS) is 37.4. The summed E-state index contributed by atoms with van der Waals surface area (Å²) in [7, 11) is 1.47. The van der Waals surface area contributed by atoms with Gasteiger partial charge in [0.2, 0.25) is 0 Å². The standard InChI is InChI=1S/C37H54N2O9/c1-7-8-9-10-11-12-17-39-36(43)45-24(5)31-21(2)19-22(3)37-25(20-28(44-6)35(42)46-31)15-16-26-29(37)30(40)23(4)32(33(26)48-37)47-34(41)27-14-13-18-38-27/h13-16,18-19,21,23-26,28-33,38,40H,7-12,17,20H2,1-6H3,(H,39,43)/b22-19+/t21-,23-,24-,25-,26-,28+,29+,30-,31+,32-,33-,37+/m1/s1. The Bertz CT molecular complexity index is 1330. The monoisotopic (exact) mass is 670 g/mol. The number of aromatic nitrogens is 1. The van der Waals surface area contributed by atoms with Gasteiger partial charge >= 0.3 is 18.0 Å². The van der Waals surface area contributed by atoms with Crippen LogP contribution in [0, 0.1) is 29.6 Å². The summed E-state index contributed by atoms with van der Waals surface area (Å²) < 4.78 is 30.6. The highest BCUT2D eigenvalue weighted by Crippen LogP contribution is 2.61. The summed E-state index contributed by atoms with van der Waals surface area (Å²) in [5.41, 5.74) is 0.216. The summed E-state index contributed by atoms with van der Waals surface area (Å²) in [6.07, 6.45) is 9.58. The van der Waals surface area contributed by atoms with Crippen LogP contribution in [0.15, 0.2) is 42.1 Å². The summed E-state index contributed by atoms with van der Waals surface area (Å²) in [5.74, 6) is -2.73. The van der Waals surface area contributed by atoms with Gasteiger partial charge < -0.3 is 39.1 Å². The Morgan fingerprint density at radius 1 is 1.17 bits per heavy atom. The molecular formula is C37H54N2O9. The van der Waals surface area contributed by atoms with Crippen molar-refractivity contribution in [1.29, 1.82) is 0 Å². The van der Waals surface area contributed by atoms with Crippen molar-refractivity contribution >= 4 is 18.0 Å². The Morgan fingerprint density at radius 2 is 1.92 bits per heavy atom. The van der Waals surface area contributed by atoms with Crippen molar-refractivity contribution in [2.45, 2.75) is 122 Å². The summed E-state index contributed by atoms with van der Waals surface area (Å²) >= 11 is 0. The van der Waals surface area contributed by atoms with Crippen LogP contribution in [0.25, 0.3) is 0 Å². The Hall–Kier alpha value is -3.15. The van der Waals surface area contributed by atoms with Crippen molar-refractivity contribution in [2.24, 2.45) is 29.6 Å². The van der Waals surface area contributed by atoms with Crippen molar-refractivity contribution in [1.82, 2.24) is 10.3 Å². The Balaban J connectivity index is 1.38. The second-order valence-corrected chi connectivity index (χ2v) is 14.1. The van der Waals surface area contributed by atoms with E-state index in [4.69, 9.17) is 23.7 Å². The number of aliphatic hydroxyl groups is 1. The molecule has 0 unspecified atom stereocenters. The van der Waals surface area contributed by atoms with Gasteiger partial charge in [-0.05, 0) is 44.4 Å². The lowest BCUT2D eigenvalue weighted by molar-refractivity contribution is -0.172. The molecular weight excluding hydrogens is 616 g/mol. The maximum Gasteiger partial charge on any atom is 0.407 e. The smallest absolute Gasteiger partial charge is 0.407 e. The van der Waals surface area contributed by atoms with E-state index < -0.39 is 66.2 Å². The second kappa shape index (κ2) is 15.6. The molecule has 3 N–H and O–H groups in total. The molecule has 4 bridgehead atoms. The number of amides is 1. The van der Waals surface area contributed by atoms with Gasteiger partial charge in [0.15, 0.2) is 6.10 Å². The first kappa shape index (κ1) is 36.1. The fourth-order valence-corrected chi connectivity index (χ4v) is 8.50. The van der Waals surface area contributed by atoms with Crippen LogP contribution >= 0.6 is 0 Å². The molecule has 1 amide bonds. The number of H-pyrrole nitrogens is 1. The lowest BCUT2D eigenvalue weighted by atomic mass is 9.57. The maximum atomic E-state index is 13.6.